The molecule has 47 heavy (non-hydrogen) atoms. The summed E-state index contributed by atoms with van der Waals surface area (Å²) in [6, 6.07) is 10.6. The number of phosphoric acid groups is 1. The van der Waals surface area contributed by atoms with Gasteiger partial charge in [0.15, 0.2) is 0 Å². The van der Waals surface area contributed by atoms with Crippen molar-refractivity contribution < 1.29 is 33.1 Å². The summed E-state index contributed by atoms with van der Waals surface area (Å²) in [5.41, 5.74) is 5.88. The van der Waals surface area contributed by atoms with E-state index in [1.54, 1.807) is 18.2 Å². The van der Waals surface area contributed by atoms with Crippen LogP contribution in [0.2, 0.25) is 0 Å². The molecule has 0 heterocycles. The van der Waals surface area contributed by atoms with Crippen LogP contribution in [0.5, 0.6) is 0 Å². The number of aliphatic hydroxyl groups excluding tert-OH is 1. The van der Waals surface area contributed by atoms with Gasteiger partial charge in [-0.25, -0.2) is 4.57 Å². The molecule has 2 unspecified atom stereocenters. The van der Waals surface area contributed by atoms with Gasteiger partial charge < -0.3 is 10.8 Å². The Balaban J connectivity index is 1.98. The summed E-state index contributed by atoms with van der Waals surface area (Å²) in [7, 11) is -4.58. The highest BCUT2D eigenvalue weighted by Crippen LogP contribution is 2.57. The zero-order valence-electron chi connectivity index (χ0n) is 27.9. The number of nitrogens with two attached hydrogens (primary N) is 1. The lowest BCUT2D eigenvalue weighted by molar-refractivity contribution is -0.386. The molecule has 0 amide bonds. The number of nitro benzene ring substituents is 2. The number of nitro groups is 2. The van der Waals surface area contributed by atoms with Gasteiger partial charge in [0, 0.05) is 12.1 Å². The average molecular weight is 678 g/mol. The Morgan fingerprint density at radius 1 is 0.787 bits per heavy atom. The highest BCUT2D eigenvalue weighted by molar-refractivity contribution is 7.48. The molecule has 2 aromatic rings. The lowest BCUT2D eigenvalue weighted by Gasteiger charge is -2.26. The molecule has 262 valence electrons. The summed E-state index contributed by atoms with van der Waals surface area (Å²) in [4.78, 5) is 22.0. The Morgan fingerprint density at radius 3 is 1.66 bits per heavy atom. The smallest absolute Gasteiger partial charge is 0.387 e. The Hall–Kier alpha value is -2.99. The fourth-order valence-corrected chi connectivity index (χ4v) is 6.69. The monoisotopic (exact) mass is 677 g/mol. The largest absolute Gasteiger partial charge is 0.476 e. The second kappa shape index (κ2) is 21.8. The standard InChI is InChI=1S/C34H52N3O9P/c1-4-5-6-7-8-9-10-11-12-13-14-15-16-25-34(38)31(35)26-44-47(43,45-27(2)29-21-17-19-23-32(29)36(39)40)46-28(3)30-22-18-20-24-33(30)37(41)42/h16-25,27-28,31,34,38H,4-15,26,35H2,1-3H3/t27?,28?,31-,34+,47?/m0/s1. The van der Waals surface area contributed by atoms with Crippen LogP contribution in [0.1, 0.15) is 121 Å². The van der Waals surface area contributed by atoms with Gasteiger partial charge in [0.2, 0.25) is 0 Å². The van der Waals surface area contributed by atoms with E-state index in [0.29, 0.717) is 0 Å². The van der Waals surface area contributed by atoms with Crippen LogP contribution in [0.15, 0.2) is 60.7 Å². The van der Waals surface area contributed by atoms with Crippen molar-refractivity contribution in [1.82, 2.24) is 0 Å². The molecular formula is C34H52N3O9P. The second-order valence-corrected chi connectivity index (χ2v) is 13.4. The molecule has 12 nitrogen and oxygen atoms in total. The maximum Gasteiger partial charge on any atom is 0.476 e. The van der Waals surface area contributed by atoms with Gasteiger partial charge in [-0.15, -0.1) is 0 Å². The van der Waals surface area contributed by atoms with Gasteiger partial charge in [0.05, 0.1) is 51.9 Å². The summed E-state index contributed by atoms with van der Waals surface area (Å²) in [5, 5.41) is 33.8. The van der Waals surface area contributed by atoms with Gasteiger partial charge in [0.25, 0.3) is 11.4 Å². The SMILES string of the molecule is CCCCCCCCCCCCCC=C[C@@H](O)[C@@H](N)COP(=O)(OC(C)c1ccccc1[N+](=O)[O-])OC(C)c1ccccc1[N+](=O)[O-]. The highest BCUT2D eigenvalue weighted by Gasteiger charge is 2.37. The number of unbranched alkanes of at least 4 members (excludes halogenated alkanes) is 11. The predicted octanol–water partition coefficient (Wildman–Crippen LogP) is 9.43. The number of nitrogens with zero attached hydrogens (tertiary/aromatic N) is 2. The van der Waals surface area contributed by atoms with E-state index in [2.05, 4.69) is 6.92 Å². The maximum atomic E-state index is 14.0. The number of phosphoric ester groups is 1. The first kappa shape index (κ1) is 40.2. The fraction of sp³-hybridized carbons (Fsp3) is 0.588. The molecule has 0 aliphatic heterocycles. The average Bonchev–Trinajstić information content (AvgIpc) is 3.05. The Bertz CT molecular complexity index is 1240. The number of hydrogen-bond acceptors (Lipinski definition) is 10. The van der Waals surface area contributed by atoms with E-state index in [1.165, 1.54) is 108 Å². The second-order valence-electron chi connectivity index (χ2n) is 11.8. The van der Waals surface area contributed by atoms with Gasteiger partial charge in [-0.05, 0) is 38.8 Å². The number of benzene rings is 2. The van der Waals surface area contributed by atoms with Crippen LogP contribution in [0.4, 0.5) is 11.4 Å². The number of hydrogen-bond donors (Lipinski definition) is 2. The molecule has 0 spiro atoms. The molecule has 0 radical (unpaired) electrons. The van der Waals surface area contributed by atoms with Crippen molar-refractivity contribution in [3.05, 3.63) is 92.0 Å². The normalized spacial score (nSPS) is 15.6. The highest BCUT2D eigenvalue weighted by atomic mass is 31.2. The number of para-hydroxylation sites is 2. The molecule has 0 saturated carbocycles. The van der Waals surface area contributed by atoms with Crippen molar-refractivity contribution in [3.8, 4) is 0 Å². The molecule has 13 heteroatoms. The zero-order chi connectivity index (χ0) is 34.7. The Kier molecular flexibility index (Phi) is 18.6. The van der Waals surface area contributed by atoms with Gasteiger partial charge in [-0.3, -0.25) is 33.8 Å². The van der Waals surface area contributed by atoms with E-state index < -0.39 is 48.6 Å². The van der Waals surface area contributed by atoms with Crippen LogP contribution < -0.4 is 5.73 Å². The van der Waals surface area contributed by atoms with E-state index in [1.807, 2.05) is 6.08 Å². The van der Waals surface area contributed by atoms with E-state index in [-0.39, 0.29) is 22.5 Å². The van der Waals surface area contributed by atoms with Gasteiger partial charge in [-0.2, -0.15) is 0 Å². The van der Waals surface area contributed by atoms with E-state index >= 15 is 0 Å². The van der Waals surface area contributed by atoms with E-state index in [9.17, 15) is 29.9 Å². The van der Waals surface area contributed by atoms with Gasteiger partial charge >= 0.3 is 7.82 Å². The minimum atomic E-state index is -4.58. The predicted molar refractivity (Wildman–Crippen MR) is 183 cm³/mol. The molecule has 0 aliphatic carbocycles. The summed E-state index contributed by atoms with van der Waals surface area (Å²) in [5.74, 6) is 0. The summed E-state index contributed by atoms with van der Waals surface area (Å²) in [6.45, 7) is 4.67. The third-order valence-corrected chi connectivity index (χ3v) is 9.50. The first-order valence-electron chi connectivity index (χ1n) is 16.7. The van der Waals surface area contributed by atoms with Crippen molar-refractivity contribution in [2.24, 2.45) is 5.73 Å². The lowest BCUT2D eigenvalue weighted by Crippen LogP contribution is -2.37. The van der Waals surface area contributed by atoms with Crippen molar-refractivity contribution in [2.45, 2.75) is 122 Å². The minimum absolute atomic E-state index is 0.123. The van der Waals surface area contributed by atoms with Crippen LogP contribution in [0, 0.1) is 20.2 Å². The zero-order valence-corrected chi connectivity index (χ0v) is 28.8. The molecule has 4 atom stereocenters. The van der Waals surface area contributed by atoms with Crippen LogP contribution in [-0.4, -0.2) is 33.7 Å². The van der Waals surface area contributed by atoms with Crippen LogP contribution in [0.25, 0.3) is 0 Å². The lowest BCUT2D eigenvalue weighted by atomic mass is 10.0. The number of allylic oxidation sites excluding steroid dienone is 1. The molecule has 3 N–H and O–H groups in total. The van der Waals surface area contributed by atoms with Crippen molar-refractivity contribution in [2.75, 3.05) is 6.61 Å². The maximum absolute atomic E-state index is 14.0. The minimum Gasteiger partial charge on any atom is -0.387 e. The third kappa shape index (κ3) is 14.8. The van der Waals surface area contributed by atoms with Gasteiger partial charge in [0.1, 0.15) is 0 Å². The Labute approximate surface area is 278 Å². The van der Waals surface area contributed by atoms with E-state index in [0.717, 1.165) is 19.3 Å². The molecule has 2 rings (SSSR count). The molecule has 0 aromatic heterocycles. The topological polar surface area (TPSA) is 177 Å². The van der Waals surface area contributed by atoms with Crippen molar-refractivity contribution in [3.63, 3.8) is 0 Å². The number of rotatable bonds is 25. The first-order valence-corrected chi connectivity index (χ1v) is 18.1. The summed E-state index contributed by atoms with van der Waals surface area (Å²) >= 11 is 0. The van der Waals surface area contributed by atoms with Crippen LogP contribution in [-0.2, 0) is 18.1 Å². The summed E-state index contributed by atoms with van der Waals surface area (Å²) < 4.78 is 31.0. The summed E-state index contributed by atoms with van der Waals surface area (Å²) in [6.07, 6.45) is 14.5. The Morgan fingerprint density at radius 2 is 1.21 bits per heavy atom. The molecule has 2 aromatic carbocycles. The molecule has 0 aliphatic rings. The van der Waals surface area contributed by atoms with Crippen LogP contribution >= 0.6 is 7.82 Å². The van der Waals surface area contributed by atoms with Crippen molar-refractivity contribution in [1.29, 1.82) is 0 Å². The first-order chi connectivity index (χ1) is 22.5. The number of aliphatic hydroxyl groups is 1. The van der Waals surface area contributed by atoms with Gasteiger partial charge in [-0.1, -0.05) is 108 Å². The molecule has 0 saturated heterocycles. The fourth-order valence-electron chi connectivity index (χ4n) is 5.16. The molecule has 0 bridgehead atoms. The molecule has 0 fully saturated rings. The van der Waals surface area contributed by atoms with E-state index in [4.69, 9.17) is 19.3 Å². The molecular weight excluding hydrogens is 625 g/mol. The van der Waals surface area contributed by atoms with Crippen molar-refractivity contribution >= 4 is 19.2 Å². The van der Waals surface area contributed by atoms with Crippen LogP contribution in [0.3, 0.4) is 0 Å². The third-order valence-electron chi connectivity index (χ3n) is 7.89. The quantitative estimate of drug-likeness (QED) is 0.0338.